The molecule has 0 aliphatic rings. The number of halogens is 1. The Morgan fingerprint density at radius 1 is 1.55 bits per heavy atom. The van der Waals surface area contributed by atoms with Crippen molar-refractivity contribution in [3.63, 3.8) is 0 Å². The molecule has 0 radical (unpaired) electrons. The topological polar surface area (TPSA) is 78.8 Å². The van der Waals surface area contributed by atoms with Gasteiger partial charge in [0.1, 0.15) is 11.0 Å². The van der Waals surface area contributed by atoms with Crippen molar-refractivity contribution in [1.82, 2.24) is 5.32 Å². The molecule has 1 unspecified atom stereocenters. The molecule has 112 valence electrons. The first-order valence-corrected chi connectivity index (χ1v) is 8.22. The first-order valence-electron chi connectivity index (χ1n) is 5.86. The van der Waals surface area contributed by atoms with Gasteiger partial charge in [-0.05, 0) is 39.1 Å². The first-order chi connectivity index (χ1) is 9.12. The van der Waals surface area contributed by atoms with Crippen LogP contribution in [0.3, 0.4) is 0 Å². The Bertz CT molecular complexity index is 549. The summed E-state index contributed by atoms with van der Waals surface area (Å²) in [7, 11) is -1.49. The highest BCUT2D eigenvalue weighted by Gasteiger charge is 2.24. The second-order valence-corrected chi connectivity index (χ2v) is 8.34. The summed E-state index contributed by atoms with van der Waals surface area (Å²) in [6, 6.07) is 1.10. The van der Waals surface area contributed by atoms with Gasteiger partial charge in [-0.1, -0.05) is 11.6 Å². The molecule has 1 rings (SSSR count). The predicted molar refractivity (Wildman–Crippen MR) is 84.4 cm³/mol. The Balaban J connectivity index is 3.22. The van der Waals surface area contributed by atoms with E-state index in [1.807, 2.05) is 0 Å². The third kappa shape index (κ3) is 4.57. The van der Waals surface area contributed by atoms with Crippen LogP contribution in [0.5, 0.6) is 0 Å². The third-order valence-electron chi connectivity index (χ3n) is 2.31. The number of rotatable bonds is 4. The average molecular weight is 337 g/mol. The molecule has 0 aromatic carbocycles. The highest BCUT2D eigenvalue weighted by molar-refractivity contribution is 7.85. The summed E-state index contributed by atoms with van der Waals surface area (Å²) in [5.74, 6) is 0. The molecule has 0 bridgehead atoms. The fourth-order valence-corrected chi connectivity index (χ4v) is 3.27. The molecule has 1 aromatic rings. The molecule has 0 saturated heterocycles. The van der Waals surface area contributed by atoms with Gasteiger partial charge in [0.2, 0.25) is 0 Å². The summed E-state index contributed by atoms with van der Waals surface area (Å²) in [6.45, 7) is 7.05. The molecule has 20 heavy (non-hydrogen) atoms. The summed E-state index contributed by atoms with van der Waals surface area (Å²) in [4.78, 5) is 11.4. The molecular weight excluding hydrogens is 320 g/mol. The quantitative estimate of drug-likeness (QED) is 0.828. The molecule has 8 heteroatoms. The average Bonchev–Trinajstić information content (AvgIpc) is 2.69. The Kier molecular flexibility index (Phi) is 5.73. The normalized spacial score (nSPS) is 15.8. The number of carboxylic acid groups (broad SMARTS) is 1. The van der Waals surface area contributed by atoms with E-state index in [-0.39, 0.29) is 0 Å². The lowest BCUT2D eigenvalue weighted by atomic mass is 10.2. The van der Waals surface area contributed by atoms with Gasteiger partial charge in [-0.3, -0.25) is 0 Å². The maximum Gasteiger partial charge on any atom is 0.405 e. The van der Waals surface area contributed by atoms with Crippen LogP contribution in [0.25, 0.3) is 0 Å². The zero-order chi connectivity index (χ0) is 15.5. The highest BCUT2D eigenvalue weighted by Crippen LogP contribution is 2.25. The Labute approximate surface area is 129 Å². The summed E-state index contributed by atoms with van der Waals surface area (Å²) < 4.78 is 15.8. The standard InChI is InChI=1S/C12H17ClN2O3S2/c1-7(14-11(16)17)9(10-8(13)5-6-19-10)15-20(18)12(2,3)4/h5-7,14H,1-4H3,(H,16,17)/t7-,20?/m0/s1. The minimum absolute atomic E-state index is 0.389. The number of hydrogen-bond donors (Lipinski definition) is 2. The van der Waals surface area contributed by atoms with E-state index >= 15 is 0 Å². The number of nitrogens with one attached hydrogen (secondary N) is 1. The molecular formula is C12H17ClN2O3S2. The SMILES string of the molecule is C[C@H](NC(=O)O)C(=NS(=O)C(C)(C)C)c1sccc1Cl. The largest absolute Gasteiger partial charge is 0.465 e. The minimum Gasteiger partial charge on any atom is -0.465 e. The van der Waals surface area contributed by atoms with Crippen molar-refractivity contribution in [2.75, 3.05) is 0 Å². The predicted octanol–water partition coefficient (Wildman–Crippen LogP) is 3.31. The molecule has 0 aliphatic carbocycles. The van der Waals surface area contributed by atoms with Crippen LogP contribution in [-0.2, 0) is 11.0 Å². The zero-order valence-electron chi connectivity index (χ0n) is 11.6. The molecule has 2 N–H and O–H groups in total. The molecule has 1 amide bonds. The van der Waals surface area contributed by atoms with Gasteiger partial charge in [-0.2, -0.15) is 4.40 Å². The van der Waals surface area contributed by atoms with Crippen LogP contribution in [0.1, 0.15) is 32.6 Å². The lowest BCUT2D eigenvalue weighted by Crippen LogP contribution is -2.38. The van der Waals surface area contributed by atoms with Crippen molar-refractivity contribution in [1.29, 1.82) is 0 Å². The van der Waals surface area contributed by atoms with E-state index in [1.165, 1.54) is 11.3 Å². The van der Waals surface area contributed by atoms with Gasteiger partial charge < -0.3 is 10.4 Å². The van der Waals surface area contributed by atoms with Crippen LogP contribution in [0, 0.1) is 0 Å². The van der Waals surface area contributed by atoms with Crippen LogP contribution in [0.15, 0.2) is 15.8 Å². The van der Waals surface area contributed by atoms with Crippen molar-refractivity contribution in [2.24, 2.45) is 4.40 Å². The van der Waals surface area contributed by atoms with Gasteiger partial charge in [0, 0.05) is 0 Å². The number of carbonyl (C=O) groups is 1. The van der Waals surface area contributed by atoms with E-state index in [9.17, 15) is 9.00 Å². The van der Waals surface area contributed by atoms with Crippen molar-refractivity contribution in [3.8, 4) is 0 Å². The summed E-state index contributed by atoms with van der Waals surface area (Å²) in [5, 5.41) is 13.4. The van der Waals surface area contributed by atoms with Crippen LogP contribution in [0.4, 0.5) is 4.79 Å². The number of amides is 1. The second-order valence-electron chi connectivity index (χ2n) is 5.11. The van der Waals surface area contributed by atoms with E-state index in [2.05, 4.69) is 9.71 Å². The van der Waals surface area contributed by atoms with E-state index in [0.29, 0.717) is 15.6 Å². The van der Waals surface area contributed by atoms with Gasteiger partial charge in [-0.25, -0.2) is 9.00 Å². The number of nitrogens with zero attached hydrogens (tertiary/aromatic N) is 1. The maximum atomic E-state index is 12.2. The molecule has 0 fully saturated rings. The summed E-state index contributed by atoms with van der Waals surface area (Å²) in [5.41, 5.74) is 0.389. The molecule has 1 heterocycles. The van der Waals surface area contributed by atoms with Crippen LogP contribution in [-0.4, -0.2) is 31.9 Å². The fraction of sp³-hybridized carbons (Fsp3) is 0.500. The van der Waals surface area contributed by atoms with Gasteiger partial charge in [0.25, 0.3) is 0 Å². The molecule has 0 spiro atoms. The van der Waals surface area contributed by atoms with Gasteiger partial charge >= 0.3 is 6.09 Å². The van der Waals surface area contributed by atoms with Gasteiger partial charge in [0.05, 0.1) is 26.4 Å². The Morgan fingerprint density at radius 3 is 2.55 bits per heavy atom. The van der Waals surface area contributed by atoms with Crippen LogP contribution in [0.2, 0.25) is 5.02 Å². The minimum atomic E-state index is -1.49. The van der Waals surface area contributed by atoms with E-state index in [1.54, 1.807) is 39.1 Å². The lowest BCUT2D eigenvalue weighted by Gasteiger charge is -2.18. The first kappa shape index (κ1) is 17.1. The van der Waals surface area contributed by atoms with Crippen molar-refractivity contribution < 1.29 is 14.1 Å². The van der Waals surface area contributed by atoms with Crippen LogP contribution >= 0.6 is 22.9 Å². The number of thiophene rings is 1. The zero-order valence-corrected chi connectivity index (χ0v) is 14.0. The van der Waals surface area contributed by atoms with Crippen molar-refractivity contribution in [3.05, 3.63) is 21.3 Å². The second kappa shape index (κ2) is 6.69. The van der Waals surface area contributed by atoms with E-state index in [0.717, 1.165) is 0 Å². The van der Waals surface area contributed by atoms with Crippen molar-refractivity contribution >= 4 is 45.7 Å². The summed E-state index contributed by atoms with van der Waals surface area (Å²) in [6.07, 6.45) is -1.17. The molecule has 0 aliphatic heterocycles. The Hall–Kier alpha value is -0.920. The molecule has 0 saturated carbocycles. The lowest BCUT2D eigenvalue weighted by molar-refractivity contribution is 0.193. The van der Waals surface area contributed by atoms with Gasteiger partial charge in [-0.15, -0.1) is 11.3 Å². The van der Waals surface area contributed by atoms with Gasteiger partial charge in [0.15, 0.2) is 0 Å². The highest BCUT2D eigenvalue weighted by atomic mass is 35.5. The monoisotopic (exact) mass is 336 g/mol. The fourth-order valence-electron chi connectivity index (χ4n) is 1.27. The molecule has 1 aromatic heterocycles. The van der Waals surface area contributed by atoms with E-state index in [4.69, 9.17) is 16.7 Å². The third-order valence-corrected chi connectivity index (χ3v) is 5.08. The maximum absolute atomic E-state index is 12.2. The number of hydrogen-bond acceptors (Lipinski definition) is 3. The Morgan fingerprint density at radius 2 is 2.15 bits per heavy atom. The van der Waals surface area contributed by atoms with E-state index < -0.39 is 27.9 Å². The summed E-state index contributed by atoms with van der Waals surface area (Å²) >= 11 is 7.40. The van der Waals surface area contributed by atoms with Crippen molar-refractivity contribution in [2.45, 2.75) is 38.5 Å². The van der Waals surface area contributed by atoms with Crippen LogP contribution < -0.4 is 5.32 Å². The molecule has 5 nitrogen and oxygen atoms in total. The smallest absolute Gasteiger partial charge is 0.405 e. The molecule has 2 atom stereocenters.